The van der Waals surface area contributed by atoms with E-state index in [1.54, 1.807) is 25.1 Å². The Bertz CT molecular complexity index is 1490. The zero-order chi connectivity index (χ0) is 25.2. The van der Waals surface area contributed by atoms with Crippen molar-refractivity contribution in [3.63, 3.8) is 0 Å². The van der Waals surface area contributed by atoms with Crippen LogP contribution in [0.15, 0.2) is 57.7 Å². The summed E-state index contributed by atoms with van der Waals surface area (Å²) in [4.78, 5) is 13.7. The van der Waals surface area contributed by atoms with Crippen LogP contribution in [0.3, 0.4) is 0 Å². The molecule has 2 heterocycles. The SMILES string of the molecule is CCCc1cc2c(=O)c(-c3ccc4c(c3)OCCCO4)c(C)oc2cc1OCc1ccc(Cl)cc1Cl. The van der Waals surface area contributed by atoms with Gasteiger partial charge in [-0.05, 0) is 54.8 Å². The number of ether oxygens (including phenoxy) is 3. The molecular weight excluding hydrogens is 499 g/mol. The van der Waals surface area contributed by atoms with Crippen LogP contribution in [0.2, 0.25) is 10.0 Å². The molecule has 1 aliphatic rings. The molecule has 5 nitrogen and oxygen atoms in total. The Morgan fingerprint density at radius 2 is 1.75 bits per heavy atom. The summed E-state index contributed by atoms with van der Waals surface area (Å²) in [5, 5.41) is 1.63. The second-order valence-electron chi connectivity index (χ2n) is 8.80. The molecule has 0 bridgehead atoms. The summed E-state index contributed by atoms with van der Waals surface area (Å²) in [6.07, 6.45) is 2.47. The average Bonchev–Trinajstić information content (AvgIpc) is 3.09. The highest BCUT2D eigenvalue weighted by Gasteiger charge is 2.19. The largest absolute Gasteiger partial charge is 0.490 e. The maximum absolute atomic E-state index is 13.7. The van der Waals surface area contributed by atoms with Crippen molar-refractivity contribution in [1.82, 2.24) is 0 Å². The van der Waals surface area contributed by atoms with Gasteiger partial charge in [-0.15, -0.1) is 0 Å². The van der Waals surface area contributed by atoms with Crippen LogP contribution in [0.5, 0.6) is 17.2 Å². The molecule has 0 radical (unpaired) electrons. The Kier molecular flexibility index (Phi) is 7.13. The normalized spacial score (nSPS) is 13.0. The van der Waals surface area contributed by atoms with Gasteiger partial charge in [0.15, 0.2) is 11.5 Å². The van der Waals surface area contributed by atoms with Gasteiger partial charge in [-0.2, -0.15) is 0 Å². The van der Waals surface area contributed by atoms with Crippen LogP contribution in [-0.4, -0.2) is 13.2 Å². The van der Waals surface area contributed by atoms with Gasteiger partial charge in [-0.1, -0.05) is 48.7 Å². The van der Waals surface area contributed by atoms with E-state index < -0.39 is 0 Å². The quantitative estimate of drug-likeness (QED) is 0.257. The van der Waals surface area contributed by atoms with E-state index in [1.807, 2.05) is 30.3 Å². The van der Waals surface area contributed by atoms with Crippen molar-refractivity contribution < 1.29 is 18.6 Å². The molecule has 0 spiro atoms. The van der Waals surface area contributed by atoms with Crippen molar-refractivity contribution in [3.05, 3.63) is 85.7 Å². The van der Waals surface area contributed by atoms with Crippen LogP contribution >= 0.6 is 23.2 Å². The fourth-order valence-corrected chi connectivity index (χ4v) is 4.89. The van der Waals surface area contributed by atoms with Crippen molar-refractivity contribution in [2.75, 3.05) is 13.2 Å². The Balaban J connectivity index is 1.55. The second kappa shape index (κ2) is 10.5. The smallest absolute Gasteiger partial charge is 0.200 e. The number of rotatable bonds is 6. The summed E-state index contributed by atoms with van der Waals surface area (Å²) in [5.74, 6) is 2.52. The molecular formula is C29H26Cl2O5. The van der Waals surface area contributed by atoms with Gasteiger partial charge < -0.3 is 18.6 Å². The van der Waals surface area contributed by atoms with Gasteiger partial charge in [0.25, 0.3) is 0 Å². The maximum Gasteiger partial charge on any atom is 0.200 e. The van der Waals surface area contributed by atoms with Gasteiger partial charge in [-0.3, -0.25) is 4.79 Å². The standard InChI is InChI=1S/C29H26Cl2O5/c1-3-5-18-12-22-26(15-25(18)35-16-20-6-8-21(30)14-23(20)31)36-17(2)28(29(22)32)19-7-9-24-27(13-19)34-11-4-10-33-24/h6-9,12-15H,3-5,10-11,16H2,1-2H3. The van der Waals surface area contributed by atoms with Crippen LogP contribution in [0.1, 0.15) is 36.7 Å². The molecule has 0 aliphatic carbocycles. The van der Waals surface area contributed by atoms with Crippen molar-refractivity contribution >= 4 is 34.2 Å². The Morgan fingerprint density at radius 3 is 2.53 bits per heavy atom. The fraction of sp³-hybridized carbons (Fsp3) is 0.276. The van der Waals surface area contributed by atoms with Crippen LogP contribution in [0.25, 0.3) is 22.1 Å². The molecule has 3 aromatic carbocycles. The molecule has 0 saturated carbocycles. The van der Waals surface area contributed by atoms with Gasteiger partial charge >= 0.3 is 0 Å². The first-order valence-corrected chi connectivity index (χ1v) is 12.8. The first-order chi connectivity index (χ1) is 17.4. The first kappa shape index (κ1) is 24.5. The van der Waals surface area contributed by atoms with Crippen molar-refractivity contribution in [2.45, 2.75) is 39.7 Å². The number of benzene rings is 3. The summed E-state index contributed by atoms with van der Waals surface area (Å²) in [6.45, 7) is 5.35. The van der Waals surface area contributed by atoms with E-state index in [4.69, 9.17) is 41.8 Å². The Morgan fingerprint density at radius 1 is 0.944 bits per heavy atom. The molecule has 0 N–H and O–H groups in total. The van der Waals surface area contributed by atoms with Gasteiger partial charge in [0, 0.05) is 28.1 Å². The second-order valence-corrected chi connectivity index (χ2v) is 9.65. The lowest BCUT2D eigenvalue weighted by molar-refractivity contribution is 0.297. The van der Waals surface area contributed by atoms with Gasteiger partial charge in [0.2, 0.25) is 5.43 Å². The maximum atomic E-state index is 13.7. The molecule has 0 saturated heterocycles. The predicted octanol–water partition coefficient (Wildman–Crippen LogP) is 7.77. The van der Waals surface area contributed by atoms with Gasteiger partial charge in [0.05, 0.1) is 24.2 Å². The van der Waals surface area contributed by atoms with Crippen LogP contribution < -0.4 is 19.6 Å². The van der Waals surface area contributed by atoms with E-state index in [0.717, 1.165) is 36.0 Å². The number of hydrogen-bond donors (Lipinski definition) is 0. The van der Waals surface area contributed by atoms with Crippen LogP contribution in [0, 0.1) is 6.92 Å². The molecule has 36 heavy (non-hydrogen) atoms. The van der Waals surface area contributed by atoms with Gasteiger partial charge in [0.1, 0.15) is 23.7 Å². The average molecular weight is 525 g/mol. The molecule has 0 amide bonds. The minimum atomic E-state index is -0.0899. The van der Waals surface area contributed by atoms with Crippen LogP contribution in [-0.2, 0) is 13.0 Å². The van der Waals surface area contributed by atoms with Crippen molar-refractivity contribution in [2.24, 2.45) is 0 Å². The van der Waals surface area contributed by atoms with E-state index in [2.05, 4.69) is 6.92 Å². The third-order valence-electron chi connectivity index (χ3n) is 6.20. The summed E-state index contributed by atoms with van der Waals surface area (Å²) in [7, 11) is 0. The van der Waals surface area contributed by atoms with Gasteiger partial charge in [-0.25, -0.2) is 0 Å². The highest BCUT2D eigenvalue weighted by molar-refractivity contribution is 6.35. The fourth-order valence-electron chi connectivity index (χ4n) is 4.42. The summed E-state index contributed by atoms with van der Waals surface area (Å²) in [6, 6.07) is 14.6. The van der Waals surface area contributed by atoms with Crippen LogP contribution in [0.4, 0.5) is 0 Å². The number of halogens is 2. The first-order valence-electron chi connectivity index (χ1n) is 12.0. The third-order valence-corrected chi connectivity index (χ3v) is 6.79. The highest BCUT2D eigenvalue weighted by atomic mass is 35.5. The zero-order valence-corrected chi connectivity index (χ0v) is 21.7. The molecule has 7 heteroatoms. The minimum absolute atomic E-state index is 0.0899. The lowest BCUT2D eigenvalue weighted by Crippen LogP contribution is -2.09. The van der Waals surface area contributed by atoms with Crippen molar-refractivity contribution in [1.29, 1.82) is 0 Å². The van der Waals surface area contributed by atoms with E-state index in [1.165, 1.54) is 0 Å². The molecule has 186 valence electrons. The van der Waals surface area contributed by atoms with Crippen molar-refractivity contribution in [3.8, 4) is 28.4 Å². The molecule has 1 aliphatic heterocycles. The molecule has 0 fully saturated rings. The van der Waals surface area contributed by atoms with E-state index >= 15 is 0 Å². The molecule has 0 atom stereocenters. The summed E-state index contributed by atoms with van der Waals surface area (Å²) in [5.41, 5.74) is 3.41. The highest BCUT2D eigenvalue weighted by Crippen LogP contribution is 2.36. The summed E-state index contributed by atoms with van der Waals surface area (Å²) >= 11 is 12.3. The lowest BCUT2D eigenvalue weighted by Gasteiger charge is -2.15. The number of fused-ring (bicyclic) bond motifs is 2. The minimum Gasteiger partial charge on any atom is -0.490 e. The Hall–Kier alpha value is -3.15. The number of aryl methyl sites for hydroxylation is 2. The predicted molar refractivity (Wildman–Crippen MR) is 143 cm³/mol. The monoisotopic (exact) mass is 524 g/mol. The lowest BCUT2D eigenvalue weighted by atomic mass is 10.00. The topological polar surface area (TPSA) is 57.9 Å². The van der Waals surface area contributed by atoms with E-state index in [9.17, 15) is 4.79 Å². The Labute approximate surface area is 219 Å². The third kappa shape index (κ3) is 4.91. The summed E-state index contributed by atoms with van der Waals surface area (Å²) < 4.78 is 23.9. The molecule has 5 rings (SSSR count). The zero-order valence-electron chi connectivity index (χ0n) is 20.2. The number of hydrogen-bond acceptors (Lipinski definition) is 5. The van der Waals surface area contributed by atoms with E-state index in [-0.39, 0.29) is 12.0 Å². The molecule has 1 aromatic heterocycles. The van der Waals surface area contributed by atoms with E-state index in [0.29, 0.717) is 62.8 Å². The molecule has 4 aromatic rings. The molecule has 0 unspecified atom stereocenters.